The van der Waals surface area contributed by atoms with E-state index in [0.29, 0.717) is 33.5 Å². The molecule has 1 saturated heterocycles. The first-order valence-corrected chi connectivity index (χ1v) is 10.5. The number of carbonyl (C=O) groups is 2. The van der Waals surface area contributed by atoms with Crippen LogP contribution in [0, 0.1) is 6.92 Å². The Bertz CT molecular complexity index is 1270. The predicted molar refractivity (Wildman–Crippen MR) is 125 cm³/mol. The molecule has 3 aromatic rings. The number of ketones is 1. The number of aryl methyl sites for hydroxylation is 1. The van der Waals surface area contributed by atoms with Crippen molar-refractivity contribution in [2.45, 2.75) is 13.0 Å². The first kappa shape index (κ1) is 22.4. The summed E-state index contributed by atoms with van der Waals surface area (Å²) in [6, 6.07) is 14.1. The van der Waals surface area contributed by atoms with E-state index in [0.717, 1.165) is 5.56 Å². The van der Waals surface area contributed by atoms with Gasteiger partial charge >= 0.3 is 0 Å². The Morgan fingerprint density at radius 1 is 1.03 bits per heavy atom. The normalized spacial score (nSPS) is 17.3. The number of methoxy groups -OCH3 is 2. The van der Waals surface area contributed by atoms with Gasteiger partial charge in [0, 0.05) is 22.5 Å². The lowest BCUT2D eigenvalue weighted by Gasteiger charge is -2.26. The summed E-state index contributed by atoms with van der Waals surface area (Å²) in [7, 11) is 2.97. The molecule has 0 saturated carbocycles. The molecule has 0 bridgehead atoms. The number of ether oxygens (including phenoxy) is 2. The van der Waals surface area contributed by atoms with E-state index in [-0.39, 0.29) is 11.3 Å². The second-order valence-electron chi connectivity index (χ2n) is 7.42. The first-order chi connectivity index (χ1) is 15.9. The first-order valence-electron chi connectivity index (χ1n) is 10.1. The van der Waals surface area contributed by atoms with Crippen LogP contribution in [0.3, 0.4) is 0 Å². The highest BCUT2D eigenvalue weighted by atomic mass is 35.5. The lowest BCUT2D eigenvalue weighted by Crippen LogP contribution is -2.30. The highest BCUT2D eigenvalue weighted by molar-refractivity contribution is 6.52. The van der Waals surface area contributed by atoms with E-state index in [1.807, 2.05) is 6.92 Å². The second-order valence-corrected chi connectivity index (χ2v) is 7.86. The van der Waals surface area contributed by atoms with Gasteiger partial charge in [0.25, 0.3) is 11.7 Å². The fraction of sp³-hybridized carbons (Fsp3) is 0.160. The summed E-state index contributed by atoms with van der Waals surface area (Å²) in [5.74, 6) is -1.11. The SMILES string of the molecule is COc1ccc(/C(O)=C2\C(=O)C(=O)N(c3cc(Cl)ccc3C)C2c2ccccn2)cc1OC. The van der Waals surface area contributed by atoms with Crippen molar-refractivity contribution in [3.8, 4) is 11.5 Å². The third-order valence-electron chi connectivity index (χ3n) is 5.50. The highest BCUT2D eigenvalue weighted by Crippen LogP contribution is 2.43. The van der Waals surface area contributed by atoms with Crippen molar-refractivity contribution < 1.29 is 24.2 Å². The Morgan fingerprint density at radius 3 is 2.45 bits per heavy atom. The van der Waals surface area contributed by atoms with Crippen molar-refractivity contribution in [1.82, 2.24) is 4.98 Å². The molecule has 1 aliphatic rings. The number of halogens is 1. The minimum absolute atomic E-state index is 0.0784. The van der Waals surface area contributed by atoms with Gasteiger partial charge in [0.05, 0.1) is 25.5 Å². The van der Waals surface area contributed by atoms with Crippen molar-refractivity contribution in [3.05, 3.63) is 88.2 Å². The average molecular weight is 465 g/mol. The van der Waals surface area contributed by atoms with E-state index in [2.05, 4.69) is 4.98 Å². The molecule has 1 amide bonds. The Balaban J connectivity index is 1.96. The molecular formula is C25H21ClN2O5. The fourth-order valence-electron chi connectivity index (χ4n) is 3.88. The number of amides is 1. The zero-order valence-electron chi connectivity index (χ0n) is 18.2. The Labute approximate surface area is 195 Å². The van der Waals surface area contributed by atoms with Gasteiger partial charge in [-0.2, -0.15) is 0 Å². The van der Waals surface area contributed by atoms with Crippen LogP contribution in [-0.2, 0) is 9.59 Å². The molecule has 2 heterocycles. The molecule has 8 heteroatoms. The molecule has 0 radical (unpaired) electrons. The fourth-order valence-corrected chi connectivity index (χ4v) is 4.05. The van der Waals surface area contributed by atoms with Gasteiger partial charge in [-0.1, -0.05) is 23.7 Å². The van der Waals surface area contributed by atoms with Gasteiger partial charge in [-0.15, -0.1) is 0 Å². The topological polar surface area (TPSA) is 89.0 Å². The number of rotatable bonds is 5. The number of anilines is 1. The quantitative estimate of drug-likeness (QED) is 0.335. The summed E-state index contributed by atoms with van der Waals surface area (Å²) >= 11 is 6.20. The largest absolute Gasteiger partial charge is 0.507 e. The lowest BCUT2D eigenvalue weighted by molar-refractivity contribution is -0.132. The number of carbonyl (C=O) groups excluding carboxylic acids is 2. The lowest BCUT2D eigenvalue weighted by atomic mass is 9.97. The van der Waals surface area contributed by atoms with Crippen molar-refractivity contribution in [1.29, 1.82) is 0 Å². The summed E-state index contributed by atoms with van der Waals surface area (Å²) in [5, 5.41) is 11.7. The van der Waals surface area contributed by atoms with E-state index < -0.39 is 17.7 Å². The minimum atomic E-state index is -0.948. The Kier molecular flexibility index (Phi) is 6.07. The molecular weight excluding hydrogens is 444 g/mol. The molecule has 1 N–H and O–H groups in total. The maximum absolute atomic E-state index is 13.2. The number of nitrogens with zero attached hydrogens (tertiary/aromatic N) is 2. The molecule has 7 nitrogen and oxygen atoms in total. The van der Waals surface area contributed by atoms with E-state index in [4.69, 9.17) is 21.1 Å². The van der Waals surface area contributed by atoms with Crippen LogP contribution in [0.5, 0.6) is 11.5 Å². The minimum Gasteiger partial charge on any atom is -0.507 e. The molecule has 4 rings (SSSR count). The van der Waals surface area contributed by atoms with Crippen LogP contribution in [0.25, 0.3) is 5.76 Å². The molecule has 1 unspecified atom stereocenters. The summed E-state index contributed by atoms with van der Waals surface area (Å²) in [6.45, 7) is 1.81. The van der Waals surface area contributed by atoms with Crippen LogP contribution in [0.15, 0.2) is 66.4 Å². The molecule has 2 aromatic carbocycles. The summed E-state index contributed by atoms with van der Waals surface area (Å²) in [6.07, 6.45) is 1.57. The number of aliphatic hydroxyl groups is 1. The molecule has 0 spiro atoms. The smallest absolute Gasteiger partial charge is 0.300 e. The van der Waals surface area contributed by atoms with Gasteiger partial charge in [-0.25, -0.2) is 0 Å². The van der Waals surface area contributed by atoms with Crippen molar-refractivity contribution >= 4 is 34.7 Å². The van der Waals surface area contributed by atoms with Crippen LogP contribution in [0.2, 0.25) is 5.02 Å². The summed E-state index contributed by atoms with van der Waals surface area (Å²) < 4.78 is 10.6. The third-order valence-corrected chi connectivity index (χ3v) is 5.74. The van der Waals surface area contributed by atoms with Gasteiger partial charge in [-0.3, -0.25) is 19.5 Å². The Hall–Kier alpha value is -3.84. The zero-order chi connectivity index (χ0) is 23.7. The van der Waals surface area contributed by atoms with Gasteiger partial charge in [0.2, 0.25) is 0 Å². The van der Waals surface area contributed by atoms with Crippen molar-refractivity contribution in [2.75, 3.05) is 19.1 Å². The van der Waals surface area contributed by atoms with Gasteiger partial charge in [0.15, 0.2) is 11.5 Å². The average Bonchev–Trinajstić information content (AvgIpc) is 3.10. The zero-order valence-corrected chi connectivity index (χ0v) is 19.0. The number of Topliss-reactive ketones (excluding diaryl/α,β-unsaturated/α-hetero) is 1. The second kappa shape index (κ2) is 8.96. The van der Waals surface area contributed by atoms with Crippen molar-refractivity contribution in [3.63, 3.8) is 0 Å². The number of hydrogen-bond acceptors (Lipinski definition) is 6. The van der Waals surface area contributed by atoms with Crippen LogP contribution < -0.4 is 14.4 Å². The summed E-state index contributed by atoms with van der Waals surface area (Å²) in [5.41, 5.74) is 1.86. The van der Waals surface area contributed by atoms with E-state index in [1.165, 1.54) is 19.1 Å². The predicted octanol–water partition coefficient (Wildman–Crippen LogP) is 4.69. The molecule has 1 aliphatic heterocycles. The third kappa shape index (κ3) is 3.91. The standard InChI is InChI=1S/C25H21ClN2O5/c1-14-7-9-16(26)13-18(14)28-22(17-6-4-5-11-27-17)21(24(30)25(28)31)23(29)15-8-10-19(32-2)20(12-15)33-3/h4-13,22,29H,1-3H3/b23-21+. The highest BCUT2D eigenvalue weighted by Gasteiger charge is 2.48. The van der Waals surface area contributed by atoms with Crippen LogP contribution in [0.4, 0.5) is 5.69 Å². The van der Waals surface area contributed by atoms with E-state index >= 15 is 0 Å². The van der Waals surface area contributed by atoms with E-state index in [1.54, 1.807) is 60.8 Å². The number of hydrogen-bond donors (Lipinski definition) is 1. The maximum Gasteiger partial charge on any atom is 0.300 e. The molecule has 33 heavy (non-hydrogen) atoms. The van der Waals surface area contributed by atoms with Crippen LogP contribution in [-0.4, -0.2) is 36.0 Å². The van der Waals surface area contributed by atoms with E-state index in [9.17, 15) is 14.7 Å². The molecule has 168 valence electrons. The van der Waals surface area contributed by atoms with Crippen molar-refractivity contribution in [2.24, 2.45) is 0 Å². The molecule has 1 atom stereocenters. The van der Waals surface area contributed by atoms with Gasteiger partial charge in [-0.05, 0) is 55.0 Å². The molecule has 1 aromatic heterocycles. The number of benzene rings is 2. The Morgan fingerprint density at radius 2 is 1.79 bits per heavy atom. The number of aromatic nitrogens is 1. The van der Waals surface area contributed by atoms with Crippen LogP contribution in [0.1, 0.15) is 22.9 Å². The molecule has 1 fully saturated rings. The number of pyridine rings is 1. The number of aliphatic hydroxyl groups excluding tert-OH is 1. The maximum atomic E-state index is 13.2. The van der Waals surface area contributed by atoms with Gasteiger partial charge in [0.1, 0.15) is 11.8 Å². The van der Waals surface area contributed by atoms with Crippen LogP contribution >= 0.6 is 11.6 Å². The summed E-state index contributed by atoms with van der Waals surface area (Å²) in [4.78, 5) is 32.2. The monoisotopic (exact) mass is 464 g/mol. The molecule has 0 aliphatic carbocycles. The van der Waals surface area contributed by atoms with Gasteiger partial charge < -0.3 is 14.6 Å².